The summed E-state index contributed by atoms with van der Waals surface area (Å²) >= 11 is 2.15. The molecule has 0 amide bonds. The topological polar surface area (TPSA) is 77.2 Å². The minimum Gasteiger partial charge on any atom is -0.307 e. The monoisotopic (exact) mass is 897 g/mol. The fourth-order valence-electron chi connectivity index (χ4n) is 8.34. The summed E-state index contributed by atoms with van der Waals surface area (Å²) in [6.45, 7) is 17.9. The molecule has 0 aliphatic carbocycles. The zero-order valence-corrected chi connectivity index (χ0v) is 37.6. The highest BCUT2D eigenvalue weighted by Gasteiger charge is 2.25. The van der Waals surface area contributed by atoms with Crippen molar-refractivity contribution < 1.29 is 0 Å². The van der Waals surface area contributed by atoms with Crippen molar-refractivity contribution in [2.45, 2.75) is 48.5 Å². The Morgan fingerprint density at radius 3 is 1.75 bits per heavy atom. The molecule has 4 heterocycles. The highest BCUT2D eigenvalue weighted by molar-refractivity contribution is 14.1. The molecule has 0 aliphatic heterocycles. The van der Waals surface area contributed by atoms with Gasteiger partial charge in [0.05, 0.1) is 39.4 Å². The van der Waals surface area contributed by atoms with Gasteiger partial charge in [-0.3, -0.25) is 4.57 Å². The third-order valence-corrected chi connectivity index (χ3v) is 10.7. The van der Waals surface area contributed by atoms with Crippen molar-refractivity contribution in [3.8, 4) is 34.4 Å². The molecule has 9 aromatic rings. The average molecular weight is 898 g/mol. The van der Waals surface area contributed by atoms with Crippen molar-refractivity contribution in [1.82, 2.24) is 28.7 Å². The lowest BCUT2D eigenvalue weighted by Crippen LogP contribution is -2.06. The molecule has 4 aromatic heterocycles. The van der Waals surface area contributed by atoms with Crippen molar-refractivity contribution in [3.05, 3.63) is 180 Å². The number of aromatic nitrogens is 6. The maximum atomic E-state index is 9.56. The number of para-hydroxylation sites is 3. The maximum Gasteiger partial charge on any atom is 0.169 e. The highest BCUT2D eigenvalue weighted by atomic mass is 127. The van der Waals surface area contributed by atoms with Crippen LogP contribution in [0, 0.1) is 52.9 Å². The van der Waals surface area contributed by atoms with Crippen molar-refractivity contribution in [2.24, 2.45) is 0 Å². The summed E-state index contributed by atoms with van der Waals surface area (Å²) in [5.74, 6) is 1.51. The second-order valence-corrected chi connectivity index (χ2v) is 14.7. The number of benzene rings is 5. The molecule has 9 rings (SSSR count). The van der Waals surface area contributed by atoms with Crippen LogP contribution in [0.25, 0.3) is 72.3 Å². The van der Waals surface area contributed by atoms with E-state index in [2.05, 4.69) is 154 Å². The Balaban J connectivity index is 0.000000552. The summed E-state index contributed by atoms with van der Waals surface area (Å²) in [6, 6.07) is 38.7. The fraction of sp³-hybridized carbons (Fsp3) is 0.154. The molecular formula is C52H48IN7. The molecular weight excluding hydrogens is 850 g/mol. The first-order chi connectivity index (χ1) is 29.2. The number of rotatable bonds is 6. The summed E-state index contributed by atoms with van der Waals surface area (Å²) < 4.78 is 7.01. The van der Waals surface area contributed by atoms with Crippen LogP contribution in [0.15, 0.2) is 140 Å². The molecule has 0 unspecified atom stereocenters. The van der Waals surface area contributed by atoms with Gasteiger partial charge in [-0.15, -0.1) is 0 Å². The predicted octanol–water partition coefficient (Wildman–Crippen LogP) is 13.6. The second-order valence-electron chi connectivity index (χ2n) is 14.7. The molecule has 0 spiro atoms. The normalized spacial score (nSPS) is 11.3. The summed E-state index contributed by atoms with van der Waals surface area (Å²) in [4.78, 5) is 16.9. The number of hydrogen-bond donors (Lipinski definition) is 0. The zero-order valence-electron chi connectivity index (χ0n) is 35.4. The molecule has 0 aliphatic rings. The van der Waals surface area contributed by atoms with Crippen molar-refractivity contribution in [1.29, 1.82) is 5.26 Å². The molecule has 7 nitrogen and oxygen atoms in total. The van der Waals surface area contributed by atoms with E-state index in [4.69, 9.17) is 15.0 Å². The van der Waals surface area contributed by atoms with Crippen LogP contribution in [0.1, 0.15) is 46.4 Å². The summed E-state index contributed by atoms with van der Waals surface area (Å²) in [5, 5.41) is 12.0. The molecule has 0 saturated heterocycles. The summed E-state index contributed by atoms with van der Waals surface area (Å²) in [6.07, 6.45) is 9.51. The van der Waals surface area contributed by atoms with Gasteiger partial charge in [0.1, 0.15) is 22.9 Å². The van der Waals surface area contributed by atoms with Crippen LogP contribution in [0.3, 0.4) is 0 Å². The zero-order chi connectivity index (χ0) is 42.7. The number of fused-ring (bicyclic) bond motifs is 6. The Hall–Kier alpha value is -6.57. The van der Waals surface area contributed by atoms with Gasteiger partial charge in [-0.05, 0) is 124 Å². The van der Waals surface area contributed by atoms with E-state index in [1.54, 1.807) is 6.08 Å². The lowest BCUT2D eigenvalue weighted by molar-refractivity contribution is 0.961. The minimum absolute atomic E-state index is 0.640. The van der Waals surface area contributed by atoms with E-state index in [1.807, 2.05) is 76.0 Å². The largest absolute Gasteiger partial charge is 0.307 e. The lowest BCUT2D eigenvalue weighted by atomic mass is 9.96. The maximum absolute atomic E-state index is 9.56. The Labute approximate surface area is 365 Å². The van der Waals surface area contributed by atoms with Gasteiger partial charge in [0, 0.05) is 27.7 Å². The highest BCUT2D eigenvalue weighted by Crippen LogP contribution is 2.42. The number of nitrogens with zero attached hydrogens (tertiary/aromatic N) is 7. The van der Waals surface area contributed by atoms with Crippen LogP contribution in [-0.2, 0) is 0 Å². The van der Waals surface area contributed by atoms with Gasteiger partial charge in [-0.1, -0.05) is 114 Å². The van der Waals surface area contributed by atoms with Crippen molar-refractivity contribution in [3.63, 3.8) is 0 Å². The third kappa shape index (κ3) is 7.35. The van der Waals surface area contributed by atoms with Gasteiger partial charge in [-0.2, -0.15) is 5.26 Å². The first kappa shape index (κ1) is 41.6. The number of hydrogen-bond acceptors (Lipinski definition) is 4. The smallest absolute Gasteiger partial charge is 0.169 e. The molecule has 0 saturated carbocycles. The molecule has 0 N–H and O–H groups in total. The van der Waals surface area contributed by atoms with Gasteiger partial charge in [0.2, 0.25) is 0 Å². The van der Waals surface area contributed by atoms with E-state index in [0.717, 1.165) is 67.6 Å². The van der Waals surface area contributed by atoms with Gasteiger partial charge >= 0.3 is 0 Å². The Bertz CT molecular complexity index is 3140. The Morgan fingerprint density at radius 2 is 1.17 bits per heavy atom. The van der Waals surface area contributed by atoms with Crippen LogP contribution in [-0.4, -0.2) is 33.6 Å². The molecule has 0 atom stereocenters. The SMILES string of the molecule is C=C/C=C\C=C/C.CI.Cc1nc(-c2c(C)cc(C#N)cc2C)c2nc(C)n(-c3cc(C)c(-n4c5ccccc5c5c4c4ccccc4n5-c4ccccc4)cc3C)c2n1. The van der Waals surface area contributed by atoms with E-state index < -0.39 is 0 Å². The van der Waals surface area contributed by atoms with Gasteiger partial charge < -0.3 is 9.13 Å². The van der Waals surface area contributed by atoms with Crippen LogP contribution < -0.4 is 0 Å². The molecule has 0 fully saturated rings. The van der Waals surface area contributed by atoms with Gasteiger partial charge in [-0.25, -0.2) is 15.0 Å². The van der Waals surface area contributed by atoms with E-state index in [-0.39, 0.29) is 0 Å². The second kappa shape index (κ2) is 17.7. The van der Waals surface area contributed by atoms with E-state index >= 15 is 0 Å². The number of alkyl halides is 1. The predicted molar refractivity (Wildman–Crippen MR) is 260 cm³/mol. The Kier molecular flexibility index (Phi) is 12.3. The van der Waals surface area contributed by atoms with E-state index in [1.165, 1.54) is 32.8 Å². The number of nitriles is 1. The molecule has 5 aromatic carbocycles. The molecule has 0 radical (unpaired) electrons. The van der Waals surface area contributed by atoms with Gasteiger partial charge in [0.15, 0.2) is 5.65 Å². The standard InChI is InChI=1S/C44H35N7.C7H10.CH3I/c1-25-23-38(51-36-19-13-11-17-34(36)42-43(51)33-16-10-12-18-35(33)50(42)32-14-8-7-9-15-32)26(2)22-37(25)49-30(6)48-41-40(46-29(5)47-44(41)49)39-27(3)20-31(24-45)21-28(39)4;1-3-5-7-6-4-2;1-2/h7-23H,1-6H3;3-7H,1H2,2H3;1H3/b;6-4-,7-5-;. The van der Waals surface area contributed by atoms with Crippen LogP contribution in [0.5, 0.6) is 0 Å². The van der Waals surface area contributed by atoms with Crippen LogP contribution >= 0.6 is 22.6 Å². The first-order valence-corrected chi connectivity index (χ1v) is 22.1. The number of allylic oxidation sites excluding steroid dienone is 5. The quantitative estimate of drug-likeness (QED) is 0.0946. The summed E-state index contributed by atoms with van der Waals surface area (Å²) in [5.41, 5.74) is 16.2. The lowest BCUT2D eigenvalue weighted by Gasteiger charge is -2.17. The molecule has 8 heteroatoms. The van der Waals surface area contributed by atoms with E-state index in [0.29, 0.717) is 11.4 Å². The van der Waals surface area contributed by atoms with Gasteiger partial charge in [0.25, 0.3) is 0 Å². The third-order valence-electron chi connectivity index (χ3n) is 10.7. The number of halogens is 1. The van der Waals surface area contributed by atoms with Crippen LogP contribution in [0.2, 0.25) is 0 Å². The number of aryl methyl sites for hydroxylation is 6. The molecule has 0 bridgehead atoms. The minimum atomic E-state index is 0.640. The van der Waals surface area contributed by atoms with Crippen molar-refractivity contribution in [2.75, 3.05) is 4.93 Å². The average Bonchev–Trinajstić information content (AvgIpc) is 3.89. The Morgan fingerprint density at radius 1 is 0.617 bits per heavy atom. The summed E-state index contributed by atoms with van der Waals surface area (Å²) in [7, 11) is 0. The van der Waals surface area contributed by atoms with Crippen molar-refractivity contribution >= 4 is 66.6 Å². The first-order valence-electron chi connectivity index (χ1n) is 19.9. The van der Waals surface area contributed by atoms with E-state index in [9.17, 15) is 5.26 Å². The molecule has 60 heavy (non-hydrogen) atoms. The molecule has 298 valence electrons. The number of imidazole rings is 1. The fourth-order valence-corrected chi connectivity index (χ4v) is 8.34. The van der Waals surface area contributed by atoms with Crippen LogP contribution in [0.4, 0.5) is 0 Å².